The predicted molar refractivity (Wildman–Crippen MR) is 74.4 cm³/mol. The number of hydrogen-bond donors (Lipinski definition) is 1. The highest BCUT2D eigenvalue weighted by atomic mass is 16.2. The lowest BCUT2D eigenvalue weighted by Gasteiger charge is -2.11. The van der Waals surface area contributed by atoms with Crippen molar-refractivity contribution in [2.45, 2.75) is 6.54 Å². The number of amides is 1. The van der Waals surface area contributed by atoms with Crippen LogP contribution in [-0.2, 0) is 6.54 Å². The third-order valence-corrected chi connectivity index (χ3v) is 2.89. The molecule has 0 bridgehead atoms. The summed E-state index contributed by atoms with van der Waals surface area (Å²) in [5, 5.41) is 7.04. The van der Waals surface area contributed by atoms with E-state index < -0.39 is 0 Å². The van der Waals surface area contributed by atoms with Crippen molar-refractivity contribution >= 4 is 11.7 Å². The molecule has 0 unspecified atom stereocenters. The highest BCUT2D eigenvalue weighted by Gasteiger charge is 2.08. The molecule has 3 aromatic rings. The number of rotatable bonds is 3. The van der Waals surface area contributed by atoms with Crippen molar-refractivity contribution in [2.24, 2.45) is 0 Å². The van der Waals surface area contributed by atoms with Gasteiger partial charge in [-0.3, -0.25) is 9.25 Å². The molecule has 6 nitrogen and oxygen atoms in total. The van der Waals surface area contributed by atoms with Crippen LogP contribution in [0.25, 0.3) is 0 Å². The second-order valence-corrected chi connectivity index (χ2v) is 4.26. The zero-order chi connectivity index (χ0) is 13.8. The fourth-order valence-corrected chi connectivity index (χ4v) is 1.91. The van der Waals surface area contributed by atoms with Crippen molar-refractivity contribution in [3.8, 4) is 0 Å². The first-order chi connectivity index (χ1) is 9.83. The Morgan fingerprint density at radius 3 is 2.80 bits per heavy atom. The summed E-state index contributed by atoms with van der Waals surface area (Å²) < 4.78 is 3.20. The lowest BCUT2D eigenvalue weighted by molar-refractivity contribution is 0.253. The topological polar surface area (TPSA) is 64.7 Å². The summed E-state index contributed by atoms with van der Waals surface area (Å²) in [5.74, 6) is 0. The summed E-state index contributed by atoms with van der Waals surface area (Å²) >= 11 is 0. The van der Waals surface area contributed by atoms with Crippen LogP contribution in [0.4, 0.5) is 10.5 Å². The molecular formula is C14H13N5O. The summed E-state index contributed by atoms with van der Waals surface area (Å²) in [6, 6.07) is 9.28. The molecule has 100 valence electrons. The third kappa shape index (κ3) is 2.59. The minimum Gasteiger partial charge on any atom is -0.307 e. The molecule has 2 aromatic heterocycles. The number of anilines is 1. The number of nitrogens with zero attached hydrogens (tertiary/aromatic N) is 4. The Labute approximate surface area is 115 Å². The van der Waals surface area contributed by atoms with E-state index in [1.165, 1.54) is 10.9 Å². The van der Waals surface area contributed by atoms with Gasteiger partial charge < -0.3 is 5.32 Å². The number of para-hydroxylation sites is 1. The minimum absolute atomic E-state index is 0.240. The van der Waals surface area contributed by atoms with Crippen molar-refractivity contribution < 1.29 is 4.79 Å². The largest absolute Gasteiger partial charge is 0.331 e. The summed E-state index contributed by atoms with van der Waals surface area (Å²) in [4.78, 5) is 15.9. The van der Waals surface area contributed by atoms with Crippen LogP contribution in [0.2, 0.25) is 0 Å². The Morgan fingerprint density at radius 2 is 2.05 bits per heavy atom. The molecule has 2 heterocycles. The molecule has 0 aliphatic heterocycles. The quantitative estimate of drug-likeness (QED) is 0.791. The van der Waals surface area contributed by atoms with Crippen LogP contribution >= 0.6 is 0 Å². The molecule has 3 rings (SSSR count). The zero-order valence-corrected chi connectivity index (χ0v) is 10.7. The van der Waals surface area contributed by atoms with Crippen molar-refractivity contribution in [1.29, 1.82) is 0 Å². The van der Waals surface area contributed by atoms with E-state index in [2.05, 4.69) is 15.4 Å². The van der Waals surface area contributed by atoms with E-state index in [4.69, 9.17) is 0 Å². The normalized spacial score (nSPS) is 10.4. The molecule has 0 fully saturated rings. The van der Waals surface area contributed by atoms with Gasteiger partial charge in [-0.15, -0.1) is 0 Å². The smallest absolute Gasteiger partial charge is 0.307 e. The van der Waals surface area contributed by atoms with Crippen LogP contribution in [0, 0.1) is 0 Å². The van der Waals surface area contributed by atoms with Crippen molar-refractivity contribution in [2.75, 3.05) is 5.32 Å². The van der Waals surface area contributed by atoms with Crippen LogP contribution in [-0.4, -0.2) is 25.4 Å². The molecule has 1 N–H and O–H groups in total. The molecule has 1 aromatic carbocycles. The lowest BCUT2D eigenvalue weighted by Crippen LogP contribution is -2.19. The maximum Gasteiger partial charge on any atom is 0.331 e. The molecule has 20 heavy (non-hydrogen) atoms. The van der Waals surface area contributed by atoms with Gasteiger partial charge in [0.05, 0.1) is 6.54 Å². The van der Waals surface area contributed by atoms with Crippen LogP contribution in [0.15, 0.2) is 61.4 Å². The maximum atomic E-state index is 12.0. The van der Waals surface area contributed by atoms with E-state index in [1.807, 2.05) is 41.2 Å². The van der Waals surface area contributed by atoms with Gasteiger partial charge in [-0.05, 0) is 17.7 Å². The van der Waals surface area contributed by atoms with E-state index in [-0.39, 0.29) is 6.03 Å². The van der Waals surface area contributed by atoms with Crippen LogP contribution < -0.4 is 5.32 Å². The number of imidazole rings is 1. The molecule has 6 heteroatoms. The van der Waals surface area contributed by atoms with Gasteiger partial charge in [-0.25, -0.2) is 9.78 Å². The molecular weight excluding hydrogens is 254 g/mol. The lowest BCUT2D eigenvalue weighted by atomic mass is 10.2. The first-order valence-corrected chi connectivity index (χ1v) is 6.17. The van der Waals surface area contributed by atoms with E-state index in [0.717, 1.165) is 11.3 Å². The molecule has 0 aliphatic rings. The van der Waals surface area contributed by atoms with Crippen LogP contribution in [0.3, 0.4) is 0 Å². The van der Waals surface area contributed by atoms with Gasteiger partial charge in [-0.1, -0.05) is 18.2 Å². The third-order valence-electron chi connectivity index (χ3n) is 2.89. The minimum atomic E-state index is -0.240. The van der Waals surface area contributed by atoms with Gasteiger partial charge in [0.2, 0.25) is 0 Å². The van der Waals surface area contributed by atoms with Gasteiger partial charge in [0, 0.05) is 30.5 Å². The monoisotopic (exact) mass is 267 g/mol. The number of benzene rings is 1. The van der Waals surface area contributed by atoms with Gasteiger partial charge >= 0.3 is 6.03 Å². The molecule has 0 saturated carbocycles. The van der Waals surface area contributed by atoms with Gasteiger partial charge in [-0.2, -0.15) is 5.10 Å². The molecule has 0 spiro atoms. The molecule has 0 atom stereocenters. The Morgan fingerprint density at radius 1 is 1.15 bits per heavy atom. The standard InChI is InChI=1S/C14H13N5O/c20-14(18-9-7-15-11-18)17-13-5-2-1-4-12(13)10-19-8-3-6-16-19/h1-9,11H,10H2,(H,17,20). The first kappa shape index (κ1) is 12.2. The summed E-state index contributed by atoms with van der Waals surface area (Å²) in [6.07, 6.45) is 8.24. The van der Waals surface area contributed by atoms with Gasteiger partial charge in [0.15, 0.2) is 0 Å². The fourth-order valence-electron chi connectivity index (χ4n) is 1.91. The Hall–Kier alpha value is -2.89. The second kappa shape index (κ2) is 5.40. The average molecular weight is 267 g/mol. The summed E-state index contributed by atoms with van der Waals surface area (Å²) in [6.45, 7) is 0.605. The van der Waals surface area contributed by atoms with E-state index in [1.54, 1.807) is 18.6 Å². The molecule has 0 radical (unpaired) electrons. The summed E-state index contributed by atoms with van der Waals surface area (Å²) in [7, 11) is 0. The predicted octanol–water partition coefficient (Wildman–Crippen LogP) is 2.21. The number of aromatic nitrogens is 4. The van der Waals surface area contributed by atoms with Gasteiger partial charge in [0.25, 0.3) is 0 Å². The Balaban J connectivity index is 1.81. The van der Waals surface area contributed by atoms with Crippen LogP contribution in [0.5, 0.6) is 0 Å². The Kier molecular flexibility index (Phi) is 3.28. The number of carbonyl (C=O) groups is 1. The van der Waals surface area contributed by atoms with E-state index in [9.17, 15) is 4.79 Å². The fraction of sp³-hybridized carbons (Fsp3) is 0.0714. The van der Waals surface area contributed by atoms with E-state index >= 15 is 0 Å². The van der Waals surface area contributed by atoms with Crippen molar-refractivity contribution in [1.82, 2.24) is 19.3 Å². The molecule has 1 amide bonds. The molecule has 0 aliphatic carbocycles. The van der Waals surface area contributed by atoms with Crippen LogP contribution in [0.1, 0.15) is 5.56 Å². The maximum absolute atomic E-state index is 12.0. The number of hydrogen-bond acceptors (Lipinski definition) is 3. The summed E-state index contributed by atoms with van der Waals surface area (Å²) in [5.41, 5.74) is 1.76. The van der Waals surface area contributed by atoms with Crippen molar-refractivity contribution in [3.63, 3.8) is 0 Å². The second-order valence-electron chi connectivity index (χ2n) is 4.26. The number of carbonyl (C=O) groups excluding carboxylic acids is 1. The zero-order valence-electron chi connectivity index (χ0n) is 10.7. The molecule has 0 saturated heterocycles. The van der Waals surface area contributed by atoms with Gasteiger partial charge in [0.1, 0.15) is 6.33 Å². The highest BCUT2D eigenvalue weighted by Crippen LogP contribution is 2.16. The van der Waals surface area contributed by atoms with Crippen molar-refractivity contribution in [3.05, 3.63) is 67.0 Å². The van der Waals surface area contributed by atoms with E-state index in [0.29, 0.717) is 6.54 Å². The average Bonchev–Trinajstić information content (AvgIpc) is 3.13. The first-order valence-electron chi connectivity index (χ1n) is 6.17. The Bertz CT molecular complexity index is 688. The SMILES string of the molecule is O=C(Nc1ccccc1Cn1cccn1)n1ccnc1. The number of nitrogens with one attached hydrogen (secondary N) is 1. The highest BCUT2D eigenvalue weighted by molar-refractivity contribution is 5.91.